The lowest BCUT2D eigenvalue weighted by molar-refractivity contribution is 0.415. The fourth-order valence-electron chi connectivity index (χ4n) is 1.97. The summed E-state index contributed by atoms with van der Waals surface area (Å²) in [6.45, 7) is 0. The average molecular weight is 283 g/mol. The molecule has 1 aromatic carbocycles. The molecule has 0 aliphatic rings. The molecule has 0 aliphatic carbocycles. The lowest BCUT2D eigenvalue weighted by atomic mass is 10.2. The summed E-state index contributed by atoms with van der Waals surface area (Å²) in [5.74, 6) is 1.89. The molecule has 6 heteroatoms. The van der Waals surface area contributed by atoms with Crippen molar-refractivity contribution in [1.29, 1.82) is 5.26 Å². The summed E-state index contributed by atoms with van der Waals surface area (Å²) in [5.41, 5.74) is 7.23. The van der Waals surface area contributed by atoms with E-state index in [0.29, 0.717) is 22.6 Å². The lowest BCUT2D eigenvalue weighted by Crippen LogP contribution is -2.18. The van der Waals surface area contributed by atoms with Crippen molar-refractivity contribution < 1.29 is 4.74 Å². The van der Waals surface area contributed by atoms with Crippen LogP contribution in [0.1, 0.15) is 5.56 Å². The van der Waals surface area contributed by atoms with E-state index < -0.39 is 0 Å². The van der Waals surface area contributed by atoms with E-state index in [1.807, 2.05) is 24.3 Å². The SMILES string of the molecule is CN=c1cc(N)n(C)c(Nc2ccc(OC)cc2)c1C#N. The molecule has 0 saturated heterocycles. The molecule has 0 aliphatic heterocycles. The summed E-state index contributed by atoms with van der Waals surface area (Å²) in [6, 6.07) is 11.3. The zero-order chi connectivity index (χ0) is 15.4. The van der Waals surface area contributed by atoms with Gasteiger partial charge in [0.05, 0.1) is 12.5 Å². The van der Waals surface area contributed by atoms with Crippen molar-refractivity contribution in [2.75, 3.05) is 25.2 Å². The Morgan fingerprint density at radius 1 is 1.33 bits per heavy atom. The Kier molecular flexibility index (Phi) is 4.14. The highest BCUT2D eigenvalue weighted by Crippen LogP contribution is 2.22. The molecule has 0 saturated carbocycles. The van der Waals surface area contributed by atoms with Crippen molar-refractivity contribution in [3.05, 3.63) is 41.3 Å². The Morgan fingerprint density at radius 2 is 2.00 bits per heavy atom. The summed E-state index contributed by atoms with van der Waals surface area (Å²) in [7, 11) is 5.04. The van der Waals surface area contributed by atoms with Gasteiger partial charge in [-0.1, -0.05) is 0 Å². The number of hydrogen-bond acceptors (Lipinski definition) is 5. The highest BCUT2D eigenvalue weighted by molar-refractivity contribution is 5.65. The van der Waals surface area contributed by atoms with Crippen molar-refractivity contribution >= 4 is 17.3 Å². The van der Waals surface area contributed by atoms with Crippen LogP contribution in [0.5, 0.6) is 5.75 Å². The van der Waals surface area contributed by atoms with Gasteiger partial charge in [-0.05, 0) is 24.3 Å². The van der Waals surface area contributed by atoms with Gasteiger partial charge in [0.2, 0.25) is 0 Å². The van der Waals surface area contributed by atoms with Gasteiger partial charge < -0.3 is 20.4 Å². The number of nitrogens with two attached hydrogens (primary N) is 1. The second kappa shape index (κ2) is 6.01. The summed E-state index contributed by atoms with van der Waals surface area (Å²) >= 11 is 0. The number of benzene rings is 1. The van der Waals surface area contributed by atoms with E-state index in [2.05, 4.69) is 16.4 Å². The van der Waals surface area contributed by atoms with Gasteiger partial charge in [-0.15, -0.1) is 0 Å². The highest BCUT2D eigenvalue weighted by atomic mass is 16.5. The van der Waals surface area contributed by atoms with Crippen LogP contribution in [-0.4, -0.2) is 18.7 Å². The standard InChI is InChI=1S/C15H17N5O/c1-18-13-8-14(17)20(2)15(12(13)9-16)19-10-4-6-11(21-3)7-5-10/h4-8,19H,17H2,1-3H3. The maximum atomic E-state index is 9.38. The molecule has 21 heavy (non-hydrogen) atoms. The van der Waals surface area contributed by atoms with Gasteiger partial charge in [0.1, 0.15) is 29.0 Å². The smallest absolute Gasteiger partial charge is 0.132 e. The van der Waals surface area contributed by atoms with E-state index in [4.69, 9.17) is 10.5 Å². The van der Waals surface area contributed by atoms with E-state index in [1.165, 1.54) is 0 Å². The molecule has 2 aromatic rings. The van der Waals surface area contributed by atoms with Crippen molar-refractivity contribution in [1.82, 2.24) is 4.57 Å². The second-order valence-electron chi connectivity index (χ2n) is 4.43. The van der Waals surface area contributed by atoms with Gasteiger partial charge >= 0.3 is 0 Å². The quantitative estimate of drug-likeness (QED) is 0.898. The first-order chi connectivity index (χ1) is 10.1. The second-order valence-corrected chi connectivity index (χ2v) is 4.43. The van der Waals surface area contributed by atoms with Gasteiger partial charge in [-0.25, -0.2) is 0 Å². The van der Waals surface area contributed by atoms with Crippen LogP contribution in [0.4, 0.5) is 17.3 Å². The number of rotatable bonds is 3. The van der Waals surface area contributed by atoms with Crippen LogP contribution >= 0.6 is 0 Å². The predicted octanol–water partition coefficient (Wildman–Crippen LogP) is 1.76. The number of anilines is 3. The molecule has 0 atom stereocenters. The molecule has 0 unspecified atom stereocenters. The number of nitrogens with one attached hydrogen (secondary N) is 1. The number of methoxy groups -OCH3 is 1. The molecule has 0 spiro atoms. The summed E-state index contributed by atoms with van der Waals surface area (Å²) in [6.07, 6.45) is 0. The summed E-state index contributed by atoms with van der Waals surface area (Å²) in [5, 5.41) is 13.1. The molecule has 6 nitrogen and oxygen atoms in total. The molecule has 1 aromatic heterocycles. The van der Waals surface area contributed by atoms with Gasteiger partial charge in [0, 0.05) is 25.8 Å². The fourth-order valence-corrected chi connectivity index (χ4v) is 1.97. The van der Waals surface area contributed by atoms with Gasteiger partial charge in [-0.3, -0.25) is 4.99 Å². The zero-order valence-electron chi connectivity index (χ0n) is 12.2. The number of nitriles is 1. The van der Waals surface area contributed by atoms with E-state index in [9.17, 15) is 5.26 Å². The van der Waals surface area contributed by atoms with Crippen molar-refractivity contribution in [3.63, 3.8) is 0 Å². The first-order valence-corrected chi connectivity index (χ1v) is 6.34. The maximum absolute atomic E-state index is 9.38. The Labute approximate surface area is 123 Å². The fraction of sp³-hybridized carbons (Fsp3) is 0.200. The first kappa shape index (κ1) is 14.5. The Bertz CT molecular complexity index is 753. The number of hydrogen-bond donors (Lipinski definition) is 2. The average Bonchev–Trinajstić information content (AvgIpc) is 2.52. The van der Waals surface area contributed by atoms with Crippen LogP contribution in [0, 0.1) is 11.3 Å². The molecule has 0 bridgehead atoms. The number of pyridine rings is 1. The van der Waals surface area contributed by atoms with Crippen molar-refractivity contribution in [2.24, 2.45) is 12.0 Å². The van der Waals surface area contributed by atoms with Crippen LogP contribution < -0.4 is 21.1 Å². The van der Waals surface area contributed by atoms with E-state index in [0.717, 1.165) is 11.4 Å². The Morgan fingerprint density at radius 3 is 2.52 bits per heavy atom. The topological polar surface area (TPSA) is 88.4 Å². The number of nitrogen functional groups attached to an aromatic ring is 1. The van der Waals surface area contributed by atoms with E-state index in [-0.39, 0.29) is 0 Å². The van der Waals surface area contributed by atoms with Crippen molar-refractivity contribution in [2.45, 2.75) is 0 Å². The van der Waals surface area contributed by atoms with Crippen molar-refractivity contribution in [3.8, 4) is 11.8 Å². The van der Waals surface area contributed by atoms with Crippen LogP contribution in [0.3, 0.4) is 0 Å². The third-order valence-corrected chi connectivity index (χ3v) is 3.21. The minimum absolute atomic E-state index is 0.449. The van der Waals surface area contributed by atoms with Crippen LogP contribution in [0.2, 0.25) is 0 Å². The van der Waals surface area contributed by atoms with Gasteiger partial charge in [0.25, 0.3) is 0 Å². The highest BCUT2D eigenvalue weighted by Gasteiger charge is 2.11. The number of nitrogens with zero attached hydrogens (tertiary/aromatic N) is 3. The van der Waals surface area contributed by atoms with E-state index in [1.54, 1.807) is 31.8 Å². The summed E-state index contributed by atoms with van der Waals surface area (Å²) in [4.78, 5) is 4.10. The number of aromatic nitrogens is 1. The normalized spacial score (nSPS) is 11.0. The van der Waals surface area contributed by atoms with E-state index >= 15 is 0 Å². The number of ether oxygens (including phenoxy) is 1. The van der Waals surface area contributed by atoms with Crippen LogP contribution in [-0.2, 0) is 7.05 Å². The minimum atomic E-state index is 0.449. The summed E-state index contributed by atoms with van der Waals surface area (Å²) < 4.78 is 6.84. The molecule has 1 heterocycles. The monoisotopic (exact) mass is 283 g/mol. The largest absolute Gasteiger partial charge is 0.497 e. The molecule has 3 N–H and O–H groups in total. The molecule has 2 rings (SSSR count). The third-order valence-electron chi connectivity index (χ3n) is 3.21. The predicted molar refractivity (Wildman–Crippen MR) is 82.3 cm³/mol. The van der Waals surface area contributed by atoms with Crippen LogP contribution in [0.15, 0.2) is 35.3 Å². The molecule has 0 fully saturated rings. The Hall–Kier alpha value is -2.94. The zero-order valence-corrected chi connectivity index (χ0v) is 12.2. The van der Waals surface area contributed by atoms with Gasteiger partial charge in [-0.2, -0.15) is 5.26 Å². The van der Waals surface area contributed by atoms with Gasteiger partial charge in [0.15, 0.2) is 0 Å². The first-order valence-electron chi connectivity index (χ1n) is 6.34. The minimum Gasteiger partial charge on any atom is -0.497 e. The third kappa shape index (κ3) is 2.82. The molecular weight excluding hydrogens is 266 g/mol. The maximum Gasteiger partial charge on any atom is 0.132 e. The molecule has 0 radical (unpaired) electrons. The lowest BCUT2D eigenvalue weighted by Gasteiger charge is -2.16. The molecule has 0 amide bonds. The van der Waals surface area contributed by atoms with Crippen LogP contribution in [0.25, 0.3) is 0 Å². The molecular formula is C15H17N5O. The molecule has 108 valence electrons. The Balaban J connectivity index is 2.52.